The summed E-state index contributed by atoms with van der Waals surface area (Å²) < 4.78 is 13.2. The van der Waals surface area contributed by atoms with Crippen LogP contribution < -0.4 is 10.1 Å². The van der Waals surface area contributed by atoms with Crippen LogP contribution in [0.5, 0.6) is 5.75 Å². The van der Waals surface area contributed by atoms with Crippen LogP contribution in [0.25, 0.3) is 11.3 Å². The number of methoxy groups -OCH3 is 1. The lowest BCUT2D eigenvalue weighted by Crippen LogP contribution is -2.31. The number of hydrogen-bond donors (Lipinski definition) is 1. The lowest BCUT2D eigenvalue weighted by atomic mass is 10.0. The molecule has 7 heteroatoms. The summed E-state index contributed by atoms with van der Waals surface area (Å²) in [4.78, 5) is 17.5. The van der Waals surface area contributed by atoms with Crippen molar-refractivity contribution in [1.82, 2.24) is 14.9 Å². The number of para-hydroxylation sites is 1. The third-order valence-electron chi connectivity index (χ3n) is 4.80. The number of furan rings is 1. The third kappa shape index (κ3) is 3.95. The summed E-state index contributed by atoms with van der Waals surface area (Å²) in [6, 6.07) is 17.7. The normalized spacial score (nSPS) is 11.8. The van der Waals surface area contributed by atoms with Gasteiger partial charge in [-0.3, -0.25) is 4.79 Å². The largest absolute Gasteiger partial charge is 0.496 e. The molecular weight excluding hydrogens is 402 g/mol. The van der Waals surface area contributed by atoms with E-state index in [1.165, 1.54) is 0 Å². The molecule has 0 spiro atoms. The van der Waals surface area contributed by atoms with Crippen LogP contribution in [0.1, 0.15) is 28.0 Å². The number of carbonyl (C=O) groups is 1. The molecule has 0 aliphatic carbocycles. The van der Waals surface area contributed by atoms with Crippen LogP contribution in [0.2, 0.25) is 5.02 Å². The summed E-state index contributed by atoms with van der Waals surface area (Å²) in [6.45, 7) is 0. The highest BCUT2D eigenvalue weighted by atomic mass is 35.5. The number of ether oxygens (including phenoxy) is 1. The Balaban J connectivity index is 1.64. The van der Waals surface area contributed by atoms with Crippen molar-refractivity contribution in [1.29, 1.82) is 0 Å². The molecular formula is C23H20ClN3O3. The van der Waals surface area contributed by atoms with Crippen LogP contribution in [0.4, 0.5) is 0 Å². The second-order valence-corrected chi connectivity index (χ2v) is 7.15. The number of imidazole rings is 1. The summed E-state index contributed by atoms with van der Waals surface area (Å²) in [7, 11) is 3.48. The summed E-state index contributed by atoms with van der Waals surface area (Å²) >= 11 is 5.94. The first-order chi connectivity index (χ1) is 14.6. The standard InChI is InChI=1S/C23H20ClN3O3/c1-27-14-13-25-22(27)21(17-5-3-4-6-19(17)29-2)26-23(28)20-12-11-18(30-20)15-7-9-16(24)10-8-15/h3-14,21H,1-2H3,(H,26,28). The third-order valence-corrected chi connectivity index (χ3v) is 5.05. The van der Waals surface area contributed by atoms with E-state index in [9.17, 15) is 4.79 Å². The van der Waals surface area contributed by atoms with Gasteiger partial charge in [0.05, 0.1) is 7.11 Å². The van der Waals surface area contributed by atoms with E-state index < -0.39 is 6.04 Å². The maximum Gasteiger partial charge on any atom is 0.287 e. The Morgan fingerprint density at radius 3 is 2.60 bits per heavy atom. The molecule has 2 heterocycles. The Bertz CT molecular complexity index is 1160. The Morgan fingerprint density at radius 2 is 1.90 bits per heavy atom. The Labute approximate surface area is 179 Å². The maximum atomic E-state index is 13.0. The highest BCUT2D eigenvalue weighted by molar-refractivity contribution is 6.30. The van der Waals surface area contributed by atoms with Crippen LogP contribution in [0, 0.1) is 0 Å². The quantitative estimate of drug-likeness (QED) is 0.482. The number of rotatable bonds is 6. The second kappa shape index (κ2) is 8.47. The number of nitrogens with one attached hydrogen (secondary N) is 1. The molecule has 1 atom stereocenters. The van der Waals surface area contributed by atoms with Gasteiger partial charge in [-0.25, -0.2) is 4.98 Å². The molecule has 0 radical (unpaired) electrons. The molecule has 0 bridgehead atoms. The molecule has 30 heavy (non-hydrogen) atoms. The van der Waals surface area contributed by atoms with Gasteiger partial charge in [0.1, 0.15) is 23.4 Å². The first kappa shape index (κ1) is 19.8. The molecule has 0 fully saturated rings. The van der Waals surface area contributed by atoms with Gasteiger partial charge in [0, 0.05) is 35.6 Å². The van der Waals surface area contributed by atoms with Crippen molar-refractivity contribution in [2.75, 3.05) is 7.11 Å². The lowest BCUT2D eigenvalue weighted by Gasteiger charge is -2.20. The van der Waals surface area contributed by atoms with E-state index in [1.807, 2.05) is 54.2 Å². The molecule has 152 valence electrons. The minimum atomic E-state index is -0.516. The second-order valence-electron chi connectivity index (χ2n) is 6.72. The number of carbonyl (C=O) groups excluding carboxylic acids is 1. The summed E-state index contributed by atoms with van der Waals surface area (Å²) in [5, 5.41) is 3.66. The van der Waals surface area contributed by atoms with Gasteiger partial charge in [-0.2, -0.15) is 0 Å². The zero-order valence-corrected chi connectivity index (χ0v) is 17.3. The topological polar surface area (TPSA) is 69.3 Å². The fourth-order valence-corrected chi connectivity index (χ4v) is 3.40. The number of amides is 1. The molecule has 2 aromatic heterocycles. The molecule has 0 saturated heterocycles. The van der Waals surface area contributed by atoms with Crippen LogP contribution in [-0.4, -0.2) is 22.6 Å². The van der Waals surface area contributed by atoms with E-state index >= 15 is 0 Å². The van der Waals surface area contributed by atoms with Gasteiger partial charge in [0.2, 0.25) is 0 Å². The van der Waals surface area contributed by atoms with Gasteiger partial charge >= 0.3 is 0 Å². The van der Waals surface area contributed by atoms with Crippen molar-refractivity contribution in [2.45, 2.75) is 6.04 Å². The smallest absolute Gasteiger partial charge is 0.287 e. The number of aromatic nitrogens is 2. The first-order valence-corrected chi connectivity index (χ1v) is 9.71. The molecule has 4 aromatic rings. The molecule has 2 aromatic carbocycles. The van der Waals surface area contributed by atoms with Crippen LogP contribution in [0.15, 0.2) is 77.5 Å². The molecule has 0 aliphatic rings. The van der Waals surface area contributed by atoms with Crippen LogP contribution in [0.3, 0.4) is 0 Å². The fourth-order valence-electron chi connectivity index (χ4n) is 3.27. The van der Waals surface area contributed by atoms with Gasteiger partial charge in [0.15, 0.2) is 5.76 Å². The monoisotopic (exact) mass is 421 g/mol. The zero-order valence-electron chi connectivity index (χ0n) is 16.5. The number of halogens is 1. The van der Waals surface area contributed by atoms with Gasteiger partial charge in [-0.15, -0.1) is 0 Å². The SMILES string of the molecule is COc1ccccc1C(NC(=O)c1ccc(-c2ccc(Cl)cc2)o1)c1nccn1C. The van der Waals surface area contributed by atoms with Crippen LogP contribution in [-0.2, 0) is 7.05 Å². The Kier molecular flexibility index (Phi) is 5.59. The first-order valence-electron chi connectivity index (χ1n) is 9.33. The summed E-state index contributed by atoms with van der Waals surface area (Å²) in [5.74, 6) is 1.77. The van der Waals surface area contributed by atoms with Gasteiger partial charge in [-0.1, -0.05) is 29.8 Å². The average molecular weight is 422 g/mol. The predicted molar refractivity (Wildman–Crippen MR) is 115 cm³/mol. The van der Waals surface area contributed by atoms with E-state index in [0.29, 0.717) is 22.4 Å². The molecule has 0 saturated carbocycles. The van der Waals surface area contributed by atoms with Crippen molar-refractivity contribution >= 4 is 17.5 Å². The summed E-state index contributed by atoms with van der Waals surface area (Å²) in [5.41, 5.74) is 1.64. The van der Waals surface area contributed by atoms with Crippen LogP contribution >= 0.6 is 11.6 Å². The number of nitrogens with zero attached hydrogens (tertiary/aromatic N) is 2. The van der Waals surface area contributed by atoms with Gasteiger partial charge in [0.25, 0.3) is 5.91 Å². The van der Waals surface area contributed by atoms with Crippen molar-refractivity contribution in [3.8, 4) is 17.1 Å². The maximum absolute atomic E-state index is 13.0. The highest BCUT2D eigenvalue weighted by Crippen LogP contribution is 2.30. The van der Waals surface area contributed by atoms with E-state index in [-0.39, 0.29) is 11.7 Å². The lowest BCUT2D eigenvalue weighted by molar-refractivity contribution is 0.0913. The molecule has 4 rings (SSSR count). The number of hydrogen-bond acceptors (Lipinski definition) is 4. The minimum Gasteiger partial charge on any atom is -0.496 e. The zero-order chi connectivity index (χ0) is 21.1. The van der Waals surface area contributed by atoms with E-state index in [2.05, 4.69) is 10.3 Å². The summed E-state index contributed by atoms with van der Waals surface area (Å²) in [6.07, 6.45) is 3.52. The number of aryl methyl sites for hydroxylation is 1. The molecule has 1 N–H and O–H groups in total. The van der Waals surface area contributed by atoms with Crippen molar-refractivity contribution in [3.63, 3.8) is 0 Å². The van der Waals surface area contributed by atoms with E-state index in [0.717, 1.165) is 11.1 Å². The molecule has 1 amide bonds. The average Bonchev–Trinajstić information content (AvgIpc) is 3.42. The van der Waals surface area contributed by atoms with Crippen molar-refractivity contribution in [3.05, 3.63) is 95.2 Å². The Morgan fingerprint density at radius 1 is 1.13 bits per heavy atom. The minimum absolute atomic E-state index is 0.203. The Hall–Kier alpha value is -3.51. The highest BCUT2D eigenvalue weighted by Gasteiger charge is 2.25. The molecule has 6 nitrogen and oxygen atoms in total. The predicted octanol–water partition coefficient (Wildman–Crippen LogP) is 4.86. The van der Waals surface area contributed by atoms with Crippen molar-refractivity contribution in [2.24, 2.45) is 7.05 Å². The fraction of sp³-hybridized carbons (Fsp3) is 0.130. The molecule has 0 aliphatic heterocycles. The molecule has 1 unspecified atom stereocenters. The van der Waals surface area contributed by atoms with E-state index in [1.54, 1.807) is 37.6 Å². The number of benzene rings is 2. The van der Waals surface area contributed by atoms with E-state index in [4.69, 9.17) is 20.8 Å². The van der Waals surface area contributed by atoms with Gasteiger partial charge < -0.3 is 19.0 Å². The van der Waals surface area contributed by atoms with Gasteiger partial charge in [-0.05, 0) is 42.5 Å². The van der Waals surface area contributed by atoms with Crippen molar-refractivity contribution < 1.29 is 13.9 Å².